The predicted octanol–water partition coefficient (Wildman–Crippen LogP) is 8.84. The van der Waals surface area contributed by atoms with E-state index in [0.29, 0.717) is 25.7 Å². The highest BCUT2D eigenvalue weighted by molar-refractivity contribution is 7.09. The Morgan fingerprint density at radius 1 is 1.02 bits per heavy atom. The number of esters is 1. The number of halogens is 3. The van der Waals surface area contributed by atoms with Crippen molar-refractivity contribution in [2.75, 3.05) is 6.61 Å². The molecule has 1 N–H and O–H groups in total. The summed E-state index contributed by atoms with van der Waals surface area (Å²) in [5, 5.41) is 13.9. The van der Waals surface area contributed by atoms with E-state index in [2.05, 4.69) is 4.98 Å². The first-order valence-electron chi connectivity index (χ1n) is 16.5. The lowest BCUT2D eigenvalue weighted by molar-refractivity contribution is -0.158. The van der Waals surface area contributed by atoms with Crippen molar-refractivity contribution in [2.45, 2.75) is 116 Å². The maximum atomic E-state index is 13.8. The smallest absolute Gasteiger partial charge is 0.460 e. The first-order valence-corrected chi connectivity index (χ1v) is 18.6. The zero-order valence-corrected chi connectivity index (χ0v) is 33.4. The Morgan fingerprint density at radius 3 is 2.20 bits per heavy atom. The Balaban J connectivity index is 2.19. The van der Waals surface area contributed by atoms with Gasteiger partial charge in [0.05, 0.1) is 28.1 Å². The third-order valence-corrected chi connectivity index (χ3v) is 9.39. The van der Waals surface area contributed by atoms with Crippen LogP contribution in [-0.4, -0.2) is 62.0 Å². The number of hydrogen-bond donors (Lipinski definition) is 1. The van der Waals surface area contributed by atoms with Gasteiger partial charge in [-0.05, 0) is 96.4 Å². The van der Waals surface area contributed by atoms with Crippen LogP contribution in [0.4, 0.5) is 4.79 Å². The standard InChI is InChI=1S/C37H50Cl3NO8S/c1-22(13-12-16-26-14-10-11-15-27(26)18-29(42)23(2)17-28-20-50-25(4)41-28)32(48-34(46)47-21-37(38,39)40)24(3)33(45)36(8,9)30(43)19-31(44)49-35(5,6)7/h10-11,14-15,17,20,22,24,29,32,42H,12-13,16,18-19,21H2,1-9H3/b23-17+/t22-,24+,29-,32-/m0/s1. The van der Waals surface area contributed by atoms with Gasteiger partial charge >= 0.3 is 12.1 Å². The van der Waals surface area contributed by atoms with E-state index in [1.54, 1.807) is 39.0 Å². The van der Waals surface area contributed by atoms with Gasteiger partial charge < -0.3 is 19.3 Å². The molecule has 0 radical (unpaired) electrons. The zero-order chi connectivity index (χ0) is 38.0. The van der Waals surface area contributed by atoms with Gasteiger partial charge in [-0.25, -0.2) is 9.78 Å². The number of aryl methyl sites for hydroxylation is 2. The van der Waals surface area contributed by atoms with E-state index >= 15 is 0 Å². The lowest BCUT2D eigenvalue weighted by atomic mass is 9.73. The molecule has 1 aromatic heterocycles. The highest BCUT2D eigenvalue weighted by Crippen LogP contribution is 2.32. The van der Waals surface area contributed by atoms with Gasteiger partial charge in [-0.3, -0.25) is 14.4 Å². The van der Waals surface area contributed by atoms with Crippen molar-refractivity contribution >= 4 is 75.9 Å². The molecule has 0 spiro atoms. The van der Waals surface area contributed by atoms with Crippen molar-refractivity contribution < 1.29 is 38.5 Å². The molecule has 0 amide bonds. The maximum absolute atomic E-state index is 13.8. The lowest BCUT2D eigenvalue weighted by Gasteiger charge is -2.33. The predicted molar refractivity (Wildman–Crippen MR) is 199 cm³/mol. The molecule has 0 saturated heterocycles. The van der Waals surface area contributed by atoms with Crippen molar-refractivity contribution in [3.05, 3.63) is 57.0 Å². The summed E-state index contributed by atoms with van der Waals surface area (Å²) in [6.07, 6.45) is 0.775. The summed E-state index contributed by atoms with van der Waals surface area (Å²) < 4.78 is 14.1. The second-order valence-corrected chi connectivity index (χ2v) is 17.8. The molecule has 0 unspecified atom stereocenters. The van der Waals surface area contributed by atoms with Crippen LogP contribution in [0, 0.1) is 24.2 Å². The highest BCUT2D eigenvalue weighted by atomic mass is 35.6. The first kappa shape index (κ1) is 43.7. The Bertz CT molecular complexity index is 1510. The Kier molecular flexibility index (Phi) is 16.4. The summed E-state index contributed by atoms with van der Waals surface area (Å²) in [7, 11) is 0. The summed E-state index contributed by atoms with van der Waals surface area (Å²) in [4.78, 5) is 56.6. The van der Waals surface area contributed by atoms with Crippen molar-refractivity contribution in [3.8, 4) is 0 Å². The monoisotopic (exact) mass is 773 g/mol. The summed E-state index contributed by atoms with van der Waals surface area (Å²) in [5.41, 5.74) is 1.33. The molecule has 0 aliphatic rings. The number of carbonyl (C=O) groups excluding carboxylic acids is 4. The molecule has 2 aromatic rings. The number of aliphatic hydroxyl groups excluding tert-OH is 1. The number of thiazole rings is 1. The lowest BCUT2D eigenvalue weighted by Crippen LogP contribution is -2.45. The van der Waals surface area contributed by atoms with E-state index in [0.717, 1.165) is 27.4 Å². The molecule has 13 heteroatoms. The number of hydrogen-bond acceptors (Lipinski definition) is 10. The normalized spacial score (nSPS) is 15.1. The highest BCUT2D eigenvalue weighted by Gasteiger charge is 2.44. The largest absolute Gasteiger partial charge is 0.508 e. The first-order chi connectivity index (χ1) is 23.0. The maximum Gasteiger partial charge on any atom is 0.508 e. The number of rotatable bonds is 17. The molecule has 0 aliphatic heterocycles. The van der Waals surface area contributed by atoms with Crippen LogP contribution in [0.25, 0.3) is 6.08 Å². The average molecular weight is 775 g/mol. The molecule has 0 aliphatic carbocycles. The third kappa shape index (κ3) is 14.6. The summed E-state index contributed by atoms with van der Waals surface area (Å²) >= 11 is 18.8. The summed E-state index contributed by atoms with van der Waals surface area (Å²) in [6, 6.07) is 7.89. The van der Waals surface area contributed by atoms with Gasteiger partial charge in [0.1, 0.15) is 24.7 Å². The van der Waals surface area contributed by atoms with E-state index in [9.17, 15) is 24.3 Å². The van der Waals surface area contributed by atoms with E-state index in [1.165, 1.54) is 13.8 Å². The minimum absolute atomic E-state index is 0.365. The number of benzene rings is 1. The molecule has 9 nitrogen and oxygen atoms in total. The number of ketones is 2. The van der Waals surface area contributed by atoms with Gasteiger partial charge in [0.15, 0.2) is 11.6 Å². The zero-order valence-electron chi connectivity index (χ0n) is 30.3. The Hall–Kier alpha value is -2.50. The molecule has 4 atom stereocenters. The molecule has 1 heterocycles. The van der Waals surface area contributed by atoms with E-state index in [1.807, 2.05) is 56.5 Å². The fourth-order valence-electron chi connectivity index (χ4n) is 5.51. The number of carbonyl (C=O) groups is 4. The average Bonchev–Trinajstić information content (AvgIpc) is 3.41. The van der Waals surface area contributed by atoms with E-state index in [-0.39, 0.29) is 5.92 Å². The fraction of sp³-hybridized carbons (Fsp3) is 0.595. The molecular formula is C37H50Cl3NO8S. The number of Topliss-reactive ketones (excluding diaryl/α,β-unsaturated/α-hetero) is 2. The minimum Gasteiger partial charge on any atom is -0.460 e. The van der Waals surface area contributed by atoms with Gasteiger partial charge in [-0.15, -0.1) is 11.3 Å². The number of nitrogens with zero attached hydrogens (tertiary/aromatic N) is 1. The van der Waals surface area contributed by atoms with Gasteiger partial charge in [0, 0.05) is 11.8 Å². The van der Waals surface area contributed by atoms with Crippen LogP contribution in [0.3, 0.4) is 0 Å². The quantitative estimate of drug-likeness (QED) is 0.0952. The number of alkyl halides is 3. The second-order valence-electron chi connectivity index (χ2n) is 14.2. The molecule has 1 aromatic carbocycles. The molecule has 2 rings (SSSR count). The van der Waals surface area contributed by atoms with Gasteiger partial charge in [0.25, 0.3) is 0 Å². The molecule has 0 fully saturated rings. The molecule has 0 bridgehead atoms. The van der Waals surface area contributed by atoms with Crippen molar-refractivity contribution in [2.24, 2.45) is 17.3 Å². The molecule has 0 saturated carbocycles. The van der Waals surface area contributed by atoms with Gasteiger partial charge in [-0.1, -0.05) is 72.9 Å². The SMILES string of the molecule is C/C(=C\c1csc(C)n1)[C@@H](O)Cc1ccccc1CCC[C@H](C)[C@H](OC(=O)OCC(Cl)(Cl)Cl)[C@@H](C)C(=O)C(C)(C)C(=O)CC(=O)OC(C)(C)C. The summed E-state index contributed by atoms with van der Waals surface area (Å²) in [6.45, 7) is 14.6. The van der Waals surface area contributed by atoms with Crippen LogP contribution >= 0.6 is 46.1 Å². The van der Waals surface area contributed by atoms with Crippen LogP contribution in [0.15, 0.2) is 35.2 Å². The van der Waals surface area contributed by atoms with Crippen molar-refractivity contribution in [3.63, 3.8) is 0 Å². The van der Waals surface area contributed by atoms with Crippen molar-refractivity contribution in [1.82, 2.24) is 4.98 Å². The fourth-order valence-corrected chi connectivity index (χ4v) is 6.24. The van der Waals surface area contributed by atoms with Crippen molar-refractivity contribution in [1.29, 1.82) is 0 Å². The second kappa shape index (κ2) is 18.8. The Labute approximate surface area is 315 Å². The van der Waals surface area contributed by atoms with E-state index < -0.39 is 69.7 Å². The molecule has 278 valence electrons. The van der Waals surface area contributed by atoms with Crippen LogP contribution in [0.1, 0.15) is 96.5 Å². The van der Waals surface area contributed by atoms with Gasteiger partial charge in [-0.2, -0.15) is 0 Å². The number of aliphatic hydroxyl groups is 1. The molecular weight excluding hydrogens is 725 g/mol. The topological polar surface area (TPSA) is 129 Å². The number of ether oxygens (including phenoxy) is 3. The number of aromatic nitrogens is 1. The van der Waals surface area contributed by atoms with Crippen LogP contribution in [0.2, 0.25) is 0 Å². The van der Waals surface area contributed by atoms with E-state index in [4.69, 9.17) is 49.0 Å². The minimum atomic E-state index is -1.87. The van der Waals surface area contributed by atoms with Crippen LogP contribution in [-0.2, 0) is 41.4 Å². The molecule has 50 heavy (non-hydrogen) atoms. The van der Waals surface area contributed by atoms with Crippen LogP contribution in [0.5, 0.6) is 0 Å². The van der Waals surface area contributed by atoms with Crippen LogP contribution < -0.4 is 0 Å². The Morgan fingerprint density at radius 2 is 1.64 bits per heavy atom. The summed E-state index contributed by atoms with van der Waals surface area (Å²) in [5.74, 6) is -3.18. The van der Waals surface area contributed by atoms with Gasteiger partial charge in [0.2, 0.25) is 3.79 Å². The third-order valence-electron chi connectivity index (χ3n) is 8.27.